The SMILES string of the molecule is C#CCCC(C)(C)Cc1c(-c2cc(N3CCN4CCCCC4C3)cnc2C(C)C)n(CC(F)(F)F)c2ccc(-c3csc(CCCCCCNNC=C)n3)cc12. The van der Waals surface area contributed by atoms with Crippen LogP contribution in [0.3, 0.4) is 0 Å². The zero-order valence-corrected chi connectivity index (χ0v) is 34.6. The first-order valence-electron chi connectivity index (χ1n) is 20.6. The third-order valence-corrected chi connectivity index (χ3v) is 12.4. The molecule has 5 heterocycles. The minimum absolute atomic E-state index is 0.00353. The number of nitrogens with one attached hydrogen (secondary N) is 2. The number of piperidine rings is 1. The number of pyridine rings is 1. The maximum absolute atomic E-state index is 14.7. The van der Waals surface area contributed by atoms with Gasteiger partial charge in [-0.1, -0.05) is 59.6 Å². The quantitative estimate of drug-likeness (QED) is 0.0595. The van der Waals surface area contributed by atoms with Gasteiger partial charge < -0.3 is 14.9 Å². The Balaban J connectivity index is 1.42. The normalized spacial score (nSPS) is 16.7. The molecule has 2 aliphatic heterocycles. The van der Waals surface area contributed by atoms with Crippen LogP contribution in [0.4, 0.5) is 18.9 Å². The molecular formula is C45H60F3N7S. The number of anilines is 1. The molecule has 1 aromatic carbocycles. The van der Waals surface area contributed by atoms with E-state index in [9.17, 15) is 13.2 Å². The van der Waals surface area contributed by atoms with E-state index < -0.39 is 12.7 Å². The lowest BCUT2D eigenvalue weighted by Gasteiger charge is -2.45. The maximum atomic E-state index is 14.7. The van der Waals surface area contributed by atoms with Gasteiger partial charge in [-0.15, -0.1) is 23.7 Å². The summed E-state index contributed by atoms with van der Waals surface area (Å²) >= 11 is 1.65. The van der Waals surface area contributed by atoms with E-state index >= 15 is 0 Å². The molecule has 0 bridgehead atoms. The van der Waals surface area contributed by atoms with Crippen molar-refractivity contribution >= 4 is 27.9 Å². The third kappa shape index (κ3) is 10.4. The number of alkyl halides is 3. The minimum atomic E-state index is -4.43. The topological polar surface area (TPSA) is 61.2 Å². The van der Waals surface area contributed by atoms with Crippen molar-refractivity contribution in [1.29, 1.82) is 0 Å². The van der Waals surface area contributed by atoms with Crippen LogP contribution in [0.15, 0.2) is 48.6 Å². The average Bonchev–Trinajstić information content (AvgIpc) is 3.76. The van der Waals surface area contributed by atoms with E-state index in [1.54, 1.807) is 17.5 Å². The van der Waals surface area contributed by atoms with Crippen LogP contribution in [-0.4, -0.2) is 64.4 Å². The van der Waals surface area contributed by atoms with Crippen LogP contribution in [0, 0.1) is 17.8 Å². The van der Waals surface area contributed by atoms with E-state index in [0.717, 1.165) is 115 Å². The van der Waals surface area contributed by atoms with Crippen LogP contribution in [0.25, 0.3) is 33.4 Å². The van der Waals surface area contributed by atoms with Gasteiger partial charge in [0, 0.05) is 72.3 Å². The number of fused-ring (bicyclic) bond motifs is 2. The molecule has 1 unspecified atom stereocenters. The fraction of sp³-hybridized carbons (Fsp3) is 0.556. The van der Waals surface area contributed by atoms with Crippen molar-refractivity contribution in [3.05, 3.63) is 64.9 Å². The van der Waals surface area contributed by atoms with Crippen LogP contribution in [0.2, 0.25) is 0 Å². The summed E-state index contributed by atoms with van der Waals surface area (Å²) in [4.78, 5) is 15.1. The highest BCUT2D eigenvalue weighted by Gasteiger charge is 2.35. The number of hydrogen-bond acceptors (Lipinski definition) is 7. The van der Waals surface area contributed by atoms with Gasteiger partial charge in [0.25, 0.3) is 0 Å². The number of unbranched alkanes of at least 4 members (excludes halogenated alkanes) is 3. The van der Waals surface area contributed by atoms with Crippen LogP contribution in [0.5, 0.6) is 0 Å². The zero-order chi connectivity index (χ0) is 39.9. The Labute approximate surface area is 336 Å². The number of thiazole rings is 1. The van der Waals surface area contributed by atoms with Gasteiger partial charge in [0.1, 0.15) is 6.54 Å². The summed E-state index contributed by atoms with van der Waals surface area (Å²) in [6, 6.07) is 8.53. The Morgan fingerprint density at radius 1 is 1.09 bits per heavy atom. The Morgan fingerprint density at radius 3 is 2.68 bits per heavy atom. The number of terminal acetylenes is 1. The van der Waals surface area contributed by atoms with Gasteiger partial charge in [-0.2, -0.15) is 13.2 Å². The van der Waals surface area contributed by atoms with Crippen LogP contribution < -0.4 is 15.8 Å². The number of aromatic nitrogens is 3. The molecule has 7 nitrogen and oxygen atoms in total. The highest BCUT2D eigenvalue weighted by Crippen LogP contribution is 2.44. The Bertz CT molecular complexity index is 1970. The molecule has 0 amide bonds. The number of nitrogens with zero attached hydrogens (tertiary/aromatic N) is 5. The number of rotatable bonds is 18. The van der Waals surface area contributed by atoms with Gasteiger partial charge in [0.15, 0.2) is 0 Å². The number of piperazine rings is 1. The first-order chi connectivity index (χ1) is 26.9. The molecular weight excluding hydrogens is 728 g/mol. The lowest BCUT2D eigenvalue weighted by molar-refractivity contribution is -0.139. The van der Waals surface area contributed by atoms with Crippen molar-refractivity contribution in [3.8, 4) is 34.9 Å². The second-order valence-electron chi connectivity index (χ2n) is 16.8. The molecule has 4 aromatic rings. The summed E-state index contributed by atoms with van der Waals surface area (Å²) < 4.78 is 45.7. The second kappa shape index (κ2) is 18.6. The summed E-state index contributed by atoms with van der Waals surface area (Å²) in [5, 5.41) is 4.00. The smallest absolute Gasteiger partial charge is 0.367 e. The molecule has 0 spiro atoms. The largest absolute Gasteiger partial charge is 0.406 e. The molecule has 302 valence electrons. The van der Waals surface area contributed by atoms with Crippen LogP contribution in [-0.2, 0) is 19.4 Å². The molecule has 11 heteroatoms. The highest BCUT2D eigenvalue weighted by molar-refractivity contribution is 7.09. The monoisotopic (exact) mass is 787 g/mol. The molecule has 2 saturated heterocycles. The van der Waals surface area contributed by atoms with Crippen molar-refractivity contribution in [3.63, 3.8) is 0 Å². The number of hydrogen-bond donors (Lipinski definition) is 2. The molecule has 56 heavy (non-hydrogen) atoms. The third-order valence-electron chi connectivity index (χ3n) is 11.5. The van der Waals surface area contributed by atoms with Crippen molar-refractivity contribution < 1.29 is 13.2 Å². The molecule has 3 aromatic heterocycles. The molecule has 2 fully saturated rings. The van der Waals surface area contributed by atoms with Gasteiger partial charge >= 0.3 is 6.18 Å². The fourth-order valence-corrected chi connectivity index (χ4v) is 9.46. The van der Waals surface area contributed by atoms with E-state index in [-0.39, 0.29) is 11.3 Å². The van der Waals surface area contributed by atoms with E-state index in [1.165, 1.54) is 23.8 Å². The lowest BCUT2D eigenvalue weighted by atomic mass is 9.80. The van der Waals surface area contributed by atoms with Crippen LogP contribution in [0.1, 0.15) is 108 Å². The van der Waals surface area contributed by atoms with Gasteiger partial charge in [0.05, 0.1) is 34.0 Å². The van der Waals surface area contributed by atoms with Gasteiger partial charge in [-0.25, -0.2) is 10.4 Å². The first kappa shape index (κ1) is 41.8. The number of aryl methyl sites for hydroxylation is 1. The Hall–Kier alpha value is -3.85. The molecule has 2 N–H and O–H groups in total. The Kier molecular flexibility index (Phi) is 13.9. The summed E-state index contributed by atoms with van der Waals surface area (Å²) in [7, 11) is 0. The van der Waals surface area contributed by atoms with Crippen molar-refractivity contribution in [1.82, 2.24) is 30.3 Å². The zero-order valence-electron chi connectivity index (χ0n) is 33.8. The number of halogens is 3. The maximum Gasteiger partial charge on any atom is 0.406 e. The lowest BCUT2D eigenvalue weighted by Crippen LogP contribution is -2.54. The predicted molar refractivity (Wildman–Crippen MR) is 227 cm³/mol. The summed E-state index contributed by atoms with van der Waals surface area (Å²) in [6.07, 6.45) is 15.8. The fourth-order valence-electron chi connectivity index (χ4n) is 8.61. The van der Waals surface area contributed by atoms with Gasteiger partial charge in [-0.3, -0.25) is 9.88 Å². The van der Waals surface area contributed by atoms with Gasteiger partial charge in [0.2, 0.25) is 0 Å². The molecule has 1 atom stereocenters. The molecule has 0 radical (unpaired) electrons. The Morgan fingerprint density at radius 2 is 1.91 bits per heavy atom. The summed E-state index contributed by atoms with van der Waals surface area (Å²) in [6.45, 7) is 15.9. The number of benzene rings is 1. The first-order valence-corrected chi connectivity index (χ1v) is 21.4. The van der Waals surface area contributed by atoms with Crippen molar-refractivity contribution in [2.24, 2.45) is 5.41 Å². The number of hydrazine groups is 1. The minimum Gasteiger partial charge on any atom is -0.367 e. The van der Waals surface area contributed by atoms with E-state index in [4.69, 9.17) is 16.4 Å². The predicted octanol–water partition coefficient (Wildman–Crippen LogP) is 10.5. The second-order valence-corrected chi connectivity index (χ2v) is 17.7. The van der Waals surface area contributed by atoms with Crippen molar-refractivity contribution in [2.45, 2.75) is 123 Å². The van der Waals surface area contributed by atoms with E-state index in [1.807, 2.05) is 18.3 Å². The molecule has 0 aliphatic carbocycles. The molecule has 0 saturated carbocycles. The molecule has 2 aliphatic rings. The summed E-state index contributed by atoms with van der Waals surface area (Å²) in [5.41, 5.74) is 12.2. The van der Waals surface area contributed by atoms with E-state index in [0.29, 0.717) is 30.1 Å². The van der Waals surface area contributed by atoms with Crippen molar-refractivity contribution in [2.75, 3.05) is 37.6 Å². The van der Waals surface area contributed by atoms with E-state index in [2.05, 4.69) is 78.4 Å². The van der Waals surface area contributed by atoms with Crippen LogP contribution >= 0.6 is 11.3 Å². The highest BCUT2D eigenvalue weighted by atomic mass is 32.1. The van der Waals surface area contributed by atoms with Gasteiger partial charge in [-0.05, 0) is 86.6 Å². The average molecular weight is 788 g/mol. The standard InChI is InChI=1S/C45H60F3N7S/c1-7-9-20-44(5,6)27-38-36-25-33(39-30-56-41(52-39)17-12-10-11-14-21-51-50-8-2)18-19-40(36)55(31-45(46,47)48)43(38)37-26-35(28-49-42(37)32(3)4)54-24-23-53-22-15-13-16-34(53)29-54/h1,8,18-19,25-26,28,30,32,34,50-51H,2,9-17,20-24,27,29,31H2,3-6H3. The summed E-state index contributed by atoms with van der Waals surface area (Å²) in [5.74, 6) is 2.80. The molecule has 6 rings (SSSR count).